The van der Waals surface area contributed by atoms with Crippen LogP contribution in [0.5, 0.6) is 5.75 Å². The van der Waals surface area contributed by atoms with Crippen LogP contribution in [-0.2, 0) is 20.7 Å². The molecule has 0 aliphatic carbocycles. The molecule has 0 atom stereocenters. The Balaban J connectivity index is 1.80. The molecule has 0 spiro atoms. The second-order valence-corrected chi connectivity index (χ2v) is 6.40. The number of ether oxygens (including phenoxy) is 3. The number of anilines is 2. The molecule has 7 nitrogen and oxygen atoms in total. The minimum Gasteiger partial charge on any atom is -0.497 e. The fourth-order valence-electron chi connectivity index (χ4n) is 3.08. The first kappa shape index (κ1) is 19.7. The van der Waals surface area contributed by atoms with E-state index in [1.54, 1.807) is 19.2 Å². The zero-order chi connectivity index (χ0) is 19.9. The lowest BCUT2D eigenvalue weighted by Crippen LogP contribution is -2.37. The molecule has 148 valence electrons. The molecule has 7 heteroatoms. The van der Waals surface area contributed by atoms with E-state index in [-0.39, 0.29) is 12.3 Å². The van der Waals surface area contributed by atoms with Gasteiger partial charge in [0.05, 0.1) is 50.8 Å². The molecule has 0 saturated carbocycles. The minimum absolute atomic E-state index is 0.165. The quantitative estimate of drug-likeness (QED) is 0.771. The molecule has 0 bridgehead atoms. The van der Waals surface area contributed by atoms with Crippen molar-refractivity contribution in [3.05, 3.63) is 53.6 Å². The van der Waals surface area contributed by atoms with Gasteiger partial charge in [-0.05, 0) is 35.9 Å². The third-order valence-corrected chi connectivity index (χ3v) is 4.57. The molecule has 1 aliphatic heterocycles. The lowest BCUT2D eigenvalue weighted by atomic mass is 10.1. The van der Waals surface area contributed by atoms with Gasteiger partial charge in [-0.25, -0.2) is 4.79 Å². The number of nitrogens with one attached hydrogen (secondary N) is 1. The second-order valence-electron chi connectivity index (χ2n) is 6.40. The van der Waals surface area contributed by atoms with Gasteiger partial charge in [-0.15, -0.1) is 0 Å². The molecular weight excluding hydrogens is 360 g/mol. The van der Waals surface area contributed by atoms with E-state index in [9.17, 15) is 9.59 Å². The van der Waals surface area contributed by atoms with Crippen LogP contribution >= 0.6 is 0 Å². The van der Waals surface area contributed by atoms with Crippen molar-refractivity contribution in [3.63, 3.8) is 0 Å². The number of nitrogens with zero attached hydrogens (tertiary/aromatic N) is 1. The highest BCUT2D eigenvalue weighted by Gasteiger charge is 2.18. The Morgan fingerprint density at radius 2 is 1.79 bits per heavy atom. The number of hydrogen-bond acceptors (Lipinski definition) is 6. The van der Waals surface area contributed by atoms with Crippen molar-refractivity contribution in [3.8, 4) is 5.75 Å². The number of carbonyl (C=O) groups is 2. The van der Waals surface area contributed by atoms with Gasteiger partial charge in [0.15, 0.2) is 0 Å². The van der Waals surface area contributed by atoms with E-state index in [0.717, 1.165) is 30.1 Å². The zero-order valence-corrected chi connectivity index (χ0v) is 16.1. The first-order valence-electron chi connectivity index (χ1n) is 9.08. The zero-order valence-electron chi connectivity index (χ0n) is 16.1. The molecule has 28 heavy (non-hydrogen) atoms. The van der Waals surface area contributed by atoms with Crippen molar-refractivity contribution in [1.82, 2.24) is 0 Å². The Morgan fingerprint density at radius 3 is 2.43 bits per heavy atom. The predicted octanol–water partition coefficient (Wildman–Crippen LogP) is 2.50. The molecule has 0 aromatic heterocycles. The fourth-order valence-corrected chi connectivity index (χ4v) is 3.08. The van der Waals surface area contributed by atoms with E-state index >= 15 is 0 Å². The molecule has 1 fully saturated rings. The van der Waals surface area contributed by atoms with E-state index in [0.29, 0.717) is 24.5 Å². The average molecular weight is 384 g/mol. The summed E-state index contributed by atoms with van der Waals surface area (Å²) in [5.74, 6) is 0.130. The number of hydrogen-bond donors (Lipinski definition) is 1. The van der Waals surface area contributed by atoms with Gasteiger partial charge >= 0.3 is 5.97 Å². The molecule has 0 radical (unpaired) electrons. The molecule has 2 aromatic carbocycles. The summed E-state index contributed by atoms with van der Waals surface area (Å²) in [6, 6.07) is 12.5. The van der Waals surface area contributed by atoms with Gasteiger partial charge in [0.25, 0.3) is 0 Å². The van der Waals surface area contributed by atoms with Crippen LogP contribution < -0.4 is 15.0 Å². The number of benzene rings is 2. The highest BCUT2D eigenvalue weighted by Crippen LogP contribution is 2.28. The normalized spacial score (nSPS) is 13.7. The SMILES string of the molecule is COC(=O)c1ccc(N2CCOCC2)c(NC(=O)Cc2ccc(OC)cc2)c1. The van der Waals surface area contributed by atoms with E-state index < -0.39 is 5.97 Å². The van der Waals surface area contributed by atoms with Gasteiger partial charge in [0.2, 0.25) is 5.91 Å². The molecule has 1 heterocycles. The molecular formula is C21H24N2O5. The van der Waals surface area contributed by atoms with Crippen molar-refractivity contribution in [2.24, 2.45) is 0 Å². The van der Waals surface area contributed by atoms with Gasteiger partial charge in [-0.3, -0.25) is 4.79 Å². The summed E-state index contributed by atoms with van der Waals surface area (Å²) in [7, 11) is 2.93. The molecule has 2 aromatic rings. The lowest BCUT2D eigenvalue weighted by Gasteiger charge is -2.30. The Labute approximate surface area is 164 Å². The number of amides is 1. The fraction of sp³-hybridized carbons (Fsp3) is 0.333. The first-order chi connectivity index (χ1) is 13.6. The summed E-state index contributed by atoms with van der Waals surface area (Å²) < 4.78 is 15.3. The van der Waals surface area contributed by atoms with E-state index in [1.807, 2.05) is 30.3 Å². The van der Waals surface area contributed by atoms with E-state index in [1.165, 1.54) is 7.11 Å². The van der Waals surface area contributed by atoms with Crippen LogP contribution in [0.4, 0.5) is 11.4 Å². The monoisotopic (exact) mass is 384 g/mol. The van der Waals surface area contributed by atoms with Crippen LogP contribution in [0, 0.1) is 0 Å². The Hall–Kier alpha value is -3.06. The van der Waals surface area contributed by atoms with Crippen molar-refractivity contribution >= 4 is 23.3 Å². The summed E-state index contributed by atoms with van der Waals surface area (Å²) in [5, 5.41) is 2.94. The average Bonchev–Trinajstić information content (AvgIpc) is 2.74. The second kappa shape index (κ2) is 9.23. The number of esters is 1. The molecule has 1 aliphatic rings. The Bertz CT molecular complexity index is 829. The summed E-state index contributed by atoms with van der Waals surface area (Å²) in [6.07, 6.45) is 0.217. The van der Waals surface area contributed by atoms with Crippen molar-refractivity contribution < 1.29 is 23.8 Å². The summed E-state index contributed by atoms with van der Waals surface area (Å²) in [4.78, 5) is 26.7. The highest BCUT2D eigenvalue weighted by atomic mass is 16.5. The number of morpholine rings is 1. The molecule has 1 N–H and O–H groups in total. The van der Waals surface area contributed by atoms with Crippen molar-refractivity contribution in [2.75, 3.05) is 50.7 Å². The maximum atomic E-state index is 12.6. The van der Waals surface area contributed by atoms with Crippen molar-refractivity contribution in [2.45, 2.75) is 6.42 Å². The predicted molar refractivity (Wildman–Crippen MR) is 106 cm³/mol. The van der Waals surface area contributed by atoms with Gasteiger partial charge in [0.1, 0.15) is 5.75 Å². The number of carbonyl (C=O) groups excluding carboxylic acids is 2. The molecule has 1 amide bonds. The van der Waals surface area contributed by atoms with Crippen LogP contribution in [0.3, 0.4) is 0 Å². The van der Waals surface area contributed by atoms with Crippen LogP contribution in [0.2, 0.25) is 0 Å². The number of methoxy groups -OCH3 is 2. The summed E-state index contributed by atoms with van der Waals surface area (Å²) in [5.41, 5.74) is 2.71. The largest absolute Gasteiger partial charge is 0.497 e. The van der Waals surface area contributed by atoms with Gasteiger partial charge in [0, 0.05) is 13.1 Å². The van der Waals surface area contributed by atoms with Gasteiger partial charge in [-0.1, -0.05) is 12.1 Å². The standard InChI is InChI=1S/C21H24N2O5/c1-26-17-6-3-15(4-7-17)13-20(24)22-18-14-16(21(25)27-2)5-8-19(18)23-9-11-28-12-10-23/h3-8,14H,9-13H2,1-2H3,(H,22,24). The maximum absolute atomic E-state index is 12.6. The maximum Gasteiger partial charge on any atom is 0.337 e. The smallest absolute Gasteiger partial charge is 0.337 e. The summed E-state index contributed by atoms with van der Waals surface area (Å²) in [6.45, 7) is 2.69. The number of rotatable bonds is 6. The molecule has 1 saturated heterocycles. The van der Waals surface area contributed by atoms with Crippen LogP contribution in [0.15, 0.2) is 42.5 Å². The van der Waals surface area contributed by atoms with Crippen LogP contribution in [0.25, 0.3) is 0 Å². The Kier molecular flexibility index (Phi) is 6.49. The minimum atomic E-state index is -0.445. The Morgan fingerprint density at radius 1 is 1.07 bits per heavy atom. The summed E-state index contributed by atoms with van der Waals surface area (Å²) >= 11 is 0. The van der Waals surface area contributed by atoms with Gasteiger partial charge in [-0.2, -0.15) is 0 Å². The topological polar surface area (TPSA) is 77.1 Å². The molecule has 3 rings (SSSR count). The van der Waals surface area contributed by atoms with E-state index in [2.05, 4.69) is 10.2 Å². The van der Waals surface area contributed by atoms with Crippen LogP contribution in [-0.4, -0.2) is 52.4 Å². The third-order valence-electron chi connectivity index (χ3n) is 4.57. The van der Waals surface area contributed by atoms with Crippen LogP contribution in [0.1, 0.15) is 15.9 Å². The third kappa shape index (κ3) is 4.80. The van der Waals surface area contributed by atoms with Crippen molar-refractivity contribution in [1.29, 1.82) is 0 Å². The van der Waals surface area contributed by atoms with Gasteiger partial charge < -0.3 is 24.4 Å². The molecule has 0 unspecified atom stereocenters. The first-order valence-corrected chi connectivity index (χ1v) is 9.08. The highest BCUT2D eigenvalue weighted by molar-refractivity contribution is 5.98. The van der Waals surface area contributed by atoms with E-state index in [4.69, 9.17) is 14.2 Å². The lowest BCUT2D eigenvalue weighted by molar-refractivity contribution is -0.115.